The number of rotatable bonds is 5. The van der Waals surface area contributed by atoms with Gasteiger partial charge >= 0.3 is 5.97 Å². The molecular formula is C22H22N4O5S. The van der Waals surface area contributed by atoms with Gasteiger partial charge in [-0.1, -0.05) is 0 Å². The van der Waals surface area contributed by atoms with E-state index in [4.69, 9.17) is 4.74 Å². The lowest BCUT2D eigenvalue weighted by Gasteiger charge is -2.15. The largest absolute Gasteiger partial charge is 0.462 e. The first-order valence-corrected chi connectivity index (χ1v) is 11.0. The Morgan fingerprint density at radius 1 is 1.28 bits per heavy atom. The van der Waals surface area contributed by atoms with Crippen molar-refractivity contribution >= 4 is 50.7 Å². The molecule has 0 radical (unpaired) electrons. The van der Waals surface area contributed by atoms with Crippen molar-refractivity contribution in [2.24, 2.45) is 0 Å². The molecule has 0 spiro atoms. The van der Waals surface area contributed by atoms with Gasteiger partial charge in [-0.2, -0.15) is 0 Å². The zero-order valence-corrected chi connectivity index (χ0v) is 18.7. The molecule has 2 amide bonds. The van der Waals surface area contributed by atoms with Crippen LogP contribution < -0.4 is 15.8 Å². The lowest BCUT2D eigenvalue weighted by Crippen LogP contribution is -2.28. The SMILES string of the molecule is CCOC(=O)c1sc2ncn(CC(=O)Nc3ccc4c(c3)CCN4C(C)=O)c(=O)c2c1C. The van der Waals surface area contributed by atoms with Gasteiger partial charge in [0, 0.05) is 24.8 Å². The quantitative estimate of drug-likeness (QED) is 0.593. The highest BCUT2D eigenvalue weighted by Crippen LogP contribution is 2.30. The Labute approximate surface area is 187 Å². The number of thiophene rings is 1. The van der Waals surface area contributed by atoms with E-state index in [0.717, 1.165) is 29.0 Å². The summed E-state index contributed by atoms with van der Waals surface area (Å²) in [4.78, 5) is 56.1. The molecule has 3 heterocycles. The van der Waals surface area contributed by atoms with Gasteiger partial charge in [0.15, 0.2) is 0 Å². The Kier molecular flexibility index (Phi) is 5.79. The monoisotopic (exact) mass is 454 g/mol. The Morgan fingerprint density at radius 3 is 2.78 bits per heavy atom. The van der Waals surface area contributed by atoms with E-state index in [-0.39, 0.29) is 30.5 Å². The van der Waals surface area contributed by atoms with Crippen LogP contribution in [-0.4, -0.2) is 40.5 Å². The van der Waals surface area contributed by atoms with Crippen LogP contribution in [0.1, 0.15) is 34.6 Å². The molecule has 1 aliphatic heterocycles. The second-order valence-corrected chi connectivity index (χ2v) is 8.45. The summed E-state index contributed by atoms with van der Waals surface area (Å²) in [5, 5.41) is 3.11. The smallest absolute Gasteiger partial charge is 0.348 e. The number of fused-ring (bicyclic) bond motifs is 2. The summed E-state index contributed by atoms with van der Waals surface area (Å²) in [7, 11) is 0. The minimum absolute atomic E-state index is 0.0161. The van der Waals surface area contributed by atoms with E-state index < -0.39 is 5.97 Å². The van der Waals surface area contributed by atoms with Crippen molar-refractivity contribution in [2.75, 3.05) is 23.4 Å². The molecule has 1 aliphatic rings. The number of amides is 2. The van der Waals surface area contributed by atoms with Crippen LogP contribution in [0.5, 0.6) is 0 Å². The van der Waals surface area contributed by atoms with E-state index in [9.17, 15) is 19.2 Å². The van der Waals surface area contributed by atoms with Crippen molar-refractivity contribution in [3.8, 4) is 0 Å². The van der Waals surface area contributed by atoms with Gasteiger partial charge in [0.05, 0.1) is 18.3 Å². The average molecular weight is 455 g/mol. The van der Waals surface area contributed by atoms with E-state index in [0.29, 0.717) is 32.9 Å². The first kappa shape index (κ1) is 21.7. The number of benzene rings is 1. The van der Waals surface area contributed by atoms with E-state index in [1.54, 1.807) is 24.8 Å². The number of anilines is 2. The maximum Gasteiger partial charge on any atom is 0.348 e. The summed E-state index contributed by atoms with van der Waals surface area (Å²) >= 11 is 1.10. The molecule has 4 rings (SSSR count). The number of esters is 1. The fraction of sp³-hybridized carbons (Fsp3) is 0.318. The number of hydrogen-bond donors (Lipinski definition) is 1. The fourth-order valence-corrected chi connectivity index (χ4v) is 4.86. The zero-order valence-electron chi connectivity index (χ0n) is 17.9. The topological polar surface area (TPSA) is 111 Å². The molecule has 0 saturated heterocycles. The zero-order chi connectivity index (χ0) is 23.0. The summed E-state index contributed by atoms with van der Waals surface area (Å²) in [5.41, 5.74) is 2.55. The first-order valence-electron chi connectivity index (χ1n) is 10.2. The van der Waals surface area contributed by atoms with Crippen molar-refractivity contribution in [1.82, 2.24) is 9.55 Å². The number of aromatic nitrogens is 2. The Morgan fingerprint density at radius 2 is 2.06 bits per heavy atom. The molecule has 1 N–H and O–H groups in total. The van der Waals surface area contributed by atoms with Gasteiger partial charge in [0.1, 0.15) is 16.3 Å². The molecule has 0 atom stereocenters. The molecule has 3 aromatic rings. The lowest BCUT2D eigenvalue weighted by molar-refractivity contribution is -0.117. The summed E-state index contributed by atoms with van der Waals surface area (Å²) in [6.07, 6.45) is 2.03. The molecule has 10 heteroatoms. The normalized spacial score (nSPS) is 12.7. The van der Waals surface area contributed by atoms with Crippen LogP contribution in [0.15, 0.2) is 29.3 Å². The van der Waals surface area contributed by atoms with Crippen molar-refractivity contribution < 1.29 is 19.1 Å². The fourth-order valence-electron chi connectivity index (χ4n) is 3.82. The van der Waals surface area contributed by atoms with Crippen LogP contribution in [0.2, 0.25) is 0 Å². The Hall–Kier alpha value is -3.53. The maximum absolute atomic E-state index is 12.9. The number of ether oxygens (including phenoxy) is 1. The highest BCUT2D eigenvalue weighted by Gasteiger charge is 2.23. The highest BCUT2D eigenvalue weighted by atomic mass is 32.1. The number of carbonyl (C=O) groups excluding carboxylic acids is 3. The Bertz CT molecular complexity index is 1310. The first-order chi connectivity index (χ1) is 15.3. The predicted molar refractivity (Wildman–Crippen MR) is 121 cm³/mol. The molecule has 0 aliphatic carbocycles. The molecule has 9 nitrogen and oxygen atoms in total. The van der Waals surface area contributed by atoms with Crippen LogP contribution in [0.3, 0.4) is 0 Å². The van der Waals surface area contributed by atoms with Crippen LogP contribution in [0.25, 0.3) is 10.2 Å². The molecule has 0 unspecified atom stereocenters. The maximum atomic E-state index is 12.9. The third-order valence-electron chi connectivity index (χ3n) is 5.33. The van der Waals surface area contributed by atoms with Crippen LogP contribution in [0, 0.1) is 6.92 Å². The van der Waals surface area contributed by atoms with Gasteiger partial charge < -0.3 is 15.0 Å². The van der Waals surface area contributed by atoms with Crippen molar-refractivity contribution in [2.45, 2.75) is 33.7 Å². The van der Waals surface area contributed by atoms with E-state index in [1.165, 1.54) is 17.8 Å². The summed E-state index contributed by atoms with van der Waals surface area (Å²) < 4.78 is 6.26. The molecule has 0 fully saturated rings. The second kappa shape index (κ2) is 8.54. The third kappa shape index (κ3) is 3.89. The van der Waals surface area contributed by atoms with Crippen LogP contribution in [0.4, 0.5) is 11.4 Å². The number of nitrogens with zero attached hydrogens (tertiary/aromatic N) is 3. The van der Waals surface area contributed by atoms with Crippen LogP contribution >= 0.6 is 11.3 Å². The predicted octanol–water partition coefficient (Wildman–Crippen LogP) is 2.49. The molecule has 166 valence electrons. The highest BCUT2D eigenvalue weighted by molar-refractivity contribution is 7.20. The molecule has 32 heavy (non-hydrogen) atoms. The van der Waals surface area contributed by atoms with Crippen LogP contribution in [-0.2, 0) is 27.3 Å². The second-order valence-electron chi connectivity index (χ2n) is 7.45. The third-order valence-corrected chi connectivity index (χ3v) is 6.51. The standard InChI is InChI=1S/C22H22N4O5S/c1-4-31-22(30)19-12(2)18-20(32-19)23-11-25(21(18)29)10-17(28)24-15-5-6-16-14(9-15)7-8-26(16)13(3)27/h5-6,9,11H,4,7-8,10H2,1-3H3,(H,24,28). The molecule has 0 bridgehead atoms. The summed E-state index contributed by atoms with van der Waals surface area (Å²) in [6.45, 7) is 5.55. The van der Waals surface area contributed by atoms with Gasteiger partial charge in [-0.3, -0.25) is 19.0 Å². The minimum atomic E-state index is -0.489. The van der Waals surface area contributed by atoms with Gasteiger partial charge in [0.2, 0.25) is 11.8 Å². The number of hydrogen-bond acceptors (Lipinski definition) is 7. The van der Waals surface area contributed by atoms with Crippen molar-refractivity contribution in [1.29, 1.82) is 0 Å². The van der Waals surface area contributed by atoms with Gasteiger partial charge in [-0.15, -0.1) is 11.3 Å². The number of carbonyl (C=O) groups is 3. The molecular weight excluding hydrogens is 432 g/mol. The lowest BCUT2D eigenvalue weighted by atomic mass is 10.1. The Balaban J connectivity index is 1.54. The molecule has 2 aromatic heterocycles. The molecule has 0 saturated carbocycles. The minimum Gasteiger partial charge on any atom is -0.462 e. The van der Waals surface area contributed by atoms with Gasteiger partial charge in [0.25, 0.3) is 5.56 Å². The van der Waals surface area contributed by atoms with Gasteiger partial charge in [-0.25, -0.2) is 9.78 Å². The number of nitrogens with one attached hydrogen (secondary N) is 1. The summed E-state index contributed by atoms with van der Waals surface area (Å²) in [6, 6.07) is 5.39. The van der Waals surface area contributed by atoms with Gasteiger partial charge in [-0.05, 0) is 49.6 Å². The van der Waals surface area contributed by atoms with E-state index in [2.05, 4.69) is 10.3 Å². The van der Waals surface area contributed by atoms with E-state index in [1.807, 2.05) is 12.1 Å². The van der Waals surface area contributed by atoms with Crippen molar-refractivity contribution in [3.63, 3.8) is 0 Å². The number of aryl methyl sites for hydroxylation is 1. The summed E-state index contributed by atoms with van der Waals surface area (Å²) in [5.74, 6) is -0.887. The molecule has 1 aromatic carbocycles. The average Bonchev–Trinajstić information content (AvgIpc) is 3.31. The van der Waals surface area contributed by atoms with E-state index >= 15 is 0 Å². The van der Waals surface area contributed by atoms with Crippen molar-refractivity contribution in [3.05, 3.63) is 50.9 Å².